The first-order valence-corrected chi connectivity index (χ1v) is 7.68. The first-order valence-electron chi connectivity index (χ1n) is 7.68. The van der Waals surface area contributed by atoms with Crippen LogP contribution < -0.4 is 10.5 Å². The molecule has 4 aliphatic carbocycles. The van der Waals surface area contributed by atoms with Crippen LogP contribution in [0.15, 0.2) is 18.2 Å². The molecule has 5 rings (SSSR count). The van der Waals surface area contributed by atoms with E-state index < -0.39 is 0 Å². The summed E-state index contributed by atoms with van der Waals surface area (Å²) < 4.78 is 6.50. The van der Waals surface area contributed by atoms with Gasteiger partial charge < -0.3 is 10.5 Å². The number of para-hydroxylation sites is 1. The van der Waals surface area contributed by atoms with Crippen molar-refractivity contribution in [1.29, 1.82) is 0 Å². The smallest absolute Gasteiger partial charge is 0.143 e. The van der Waals surface area contributed by atoms with Gasteiger partial charge in [0, 0.05) is 0 Å². The lowest BCUT2D eigenvalue weighted by Crippen LogP contribution is -2.53. The van der Waals surface area contributed by atoms with Crippen molar-refractivity contribution in [2.45, 2.75) is 51.0 Å². The van der Waals surface area contributed by atoms with Crippen molar-refractivity contribution in [2.75, 3.05) is 5.73 Å². The molecular weight excluding hydrogens is 234 g/mol. The fourth-order valence-electron chi connectivity index (χ4n) is 5.13. The van der Waals surface area contributed by atoms with Crippen LogP contribution in [-0.2, 0) is 0 Å². The molecule has 4 aliphatic rings. The summed E-state index contributed by atoms with van der Waals surface area (Å²) in [5.41, 5.74) is 8.25. The van der Waals surface area contributed by atoms with Gasteiger partial charge in [-0.05, 0) is 74.8 Å². The Hall–Kier alpha value is -1.18. The van der Waals surface area contributed by atoms with Crippen LogP contribution in [0.3, 0.4) is 0 Å². The highest BCUT2D eigenvalue weighted by molar-refractivity contribution is 5.58. The quantitative estimate of drug-likeness (QED) is 0.815. The minimum atomic E-state index is 0.108. The predicted octanol–water partition coefficient (Wildman–Crippen LogP) is 3.92. The highest BCUT2D eigenvalue weighted by Gasteiger charge is 2.52. The minimum absolute atomic E-state index is 0.108. The molecule has 4 saturated carbocycles. The lowest BCUT2D eigenvalue weighted by molar-refractivity contribution is -0.107. The lowest BCUT2D eigenvalue weighted by atomic mass is 9.54. The van der Waals surface area contributed by atoms with Crippen LogP contribution in [0.1, 0.15) is 44.1 Å². The van der Waals surface area contributed by atoms with Crippen molar-refractivity contribution in [3.8, 4) is 5.75 Å². The van der Waals surface area contributed by atoms with E-state index in [1.54, 1.807) is 0 Å². The van der Waals surface area contributed by atoms with Crippen molar-refractivity contribution in [2.24, 2.45) is 17.8 Å². The van der Waals surface area contributed by atoms with Gasteiger partial charge in [-0.1, -0.05) is 12.1 Å². The topological polar surface area (TPSA) is 35.2 Å². The molecule has 0 saturated heterocycles. The first kappa shape index (κ1) is 11.6. The number of nitrogens with two attached hydrogens (primary N) is 1. The van der Waals surface area contributed by atoms with E-state index in [4.69, 9.17) is 10.5 Å². The number of hydrogen-bond donors (Lipinski definition) is 1. The number of aryl methyl sites for hydroxylation is 1. The summed E-state index contributed by atoms with van der Waals surface area (Å²) >= 11 is 0. The number of rotatable bonds is 2. The third kappa shape index (κ3) is 1.84. The van der Waals surface area contributed by atoms with E-state index in [1.807, 2.05) is 6.07 Å². The van der Waals surface area contributed by atoms with Crippen LogP contribution in [-0.4, -0.2) is 5.60 Å². The maximum Gasteiger partial charge on any atom is 0.143 e. The molecule has 0 atom stereocenters. The highest BCUT2D eigenvalue weighted by Crippen LogP contribution is 2.57. The van der Waals surface area contributed by atoms with Gasteiger partial charge in [-0.2, -0.15) is 0 Å². The second-order valence-corrected chi connectivity index (χ2v) is 7.19. The van der Waals surface area contributed by atoms with Gasteiger partial charge in [0.05, 0.1) is 5.69 Å². The Morgan fingerprint density at radius 2 is 1.63 bits per heavy atom. The molecule has 2 heteroatoms. The molecular formula is C17H23NO. The number of hydrogen-bond acceptors (Lipinski definition) is 2. The summed E-state index contributed by atoms with van der Waals surface area (Å²) in [5, 5.41) is 0. The average molecular weight is 257 g/mol. The van der Waals surface area contributed by atoms with Crippen molar-refractivity contribution in [3.63, 3.8) is 0 Å². The van der Waals surface area contributed by atoms with E-state index in [9.17, 15) is 0 Å². The van der Waals surface area contributed by atoms with Crippen molar-refractivity contribution in [1.82, 2.24) is 0 Å². The predicted molar refractivity (Wildman–Crippen MR) is 77.1 cm³/mol. The molecule has 4 fully saturated rings. The Bertz CT molecular complexity index is 473. The lowest BCUT2D eigenvalue weighted by Gasteiger charge is -2.56. The first-order chi connectivity index (χ1) is 9.13. The largest absolute Gasteiger partial charge is 0.485 e. The monoisotopic (exact) mass is 257 g/mol. The Balaban J connectivity index is 1.64. The Morgan fingerprint density at radius 3 is 2.21 bits per heavy atom. The second kappa shape index (κ2) is 3.91. The van der Waals surface area contributed by atoms with E-state index >= 15 is 0 Å². The maximum atomic E-state index is 6.50. The number of nitrogen functional groups attached to an aromatic ring is 1. The molecule has 0 unspecified atom stereocenters. The van der Waals surface area contributed by atoms with Crippen LogP contribution in [0.2, 0.25) is 0 Å². The Kier molecular flexibility index (Phi) is 2.39. The molecule has 0 radical (unpaired) electrons. The van der Waals surface area contributed by atoms with Crippen LogP contribution in [0.4, 0.5) is 5.69 Å². The van der Waals surface area contributed by atoms with E-state index in [0.29, 0.717) is 0 Å². The summed E-state index contributed by atoms with van der Waals surface area (Å²) in [6.45, 7) is 2.06. The van der Waals surface area contributed by atoms with Crippen LogP contribution in [0, 0.1) is 24.7 Å². The minimum Gasteiger partial charge on any atom is -0.485 e. The zero-order valence-corrected chi connectivity index (χ0v) is 11.7. The summed E-state index contributed by atoms with van der Waals surface area (Å²) in [6.07, 6.45) is 8.12. The second-order valence-electron chi connectivity index (χ2n) is 7.19. The molecule has 2 nitrogen and oxygen atoms in total. The molecule has 0 spiro atoms. The van der Waals surface area contributed by atoms with Crippen LogP contribution in [0.5, 0.6) is 5.75 Å². The molecule has 2 N–H and O–H groups in total. The molecule has 0 aromatic heterocycles. The van der Waals surface area contributed by atoms with Crippen molar-refractivity contribution >= 4 is 5.69 Å². The summed E-state index contributed by atoms with van der Waals surface area (Å²) in [4.78, 5) is 0. The van der Waals surface area contributed by atoms with Gasteiger partial charge in [0.15, 0.2) is 0 Å². The van der Waals surface area contributed by atoms with E-state index in [1.165, 1.54) is 38.5 Å². The van der Waals surface area contributed by atoms with Gasteiger partial charge in [-0.15, -0.1) is 0 Å². The summed E-state index contributed by atoms with van der Waals surface area (Å²) in [6, 6.07) is 6.16. The van der Waals surface area contributed by atoms with Crippen LogP contribution in [0.25, 0.3) is 0 Å². The van der Waals surface area contributed by atoms with Crippen molar-refractivity contribution < 1.29 is 4.74 Å². The molecule has 0 heterocycles. The summed E-state index contributed by atoms with van der Waals surface area (Å²) in [5.74, 6) is 3.66. The highest BCUT2D eigenvalue weighted by atomic mass is 16.5. The summed E-state index contributed by atoms with van der Waals surface area (Å²) in [7, 11) is 0. The van der Waals surface area contributed by atoms with Gasteiger partial charge in [0.1, 0.15) is 11.4 Å². The molecule has 19 heavy (non-hydrogen) atoms. The molecule has 1 aromatic carbocycles. The van der Waals surface area contributed by atoms with E-state index in [-0.39, 0.29) is 5.60 Å². The van der Waals surface area contributed by atoms with Gasteiger partial charge in [0.25, 0.3) is 0 Å². The standard InChI is InChI=1S/C17H23NO/c1-11-3-2-4-15(16(11)18)19-17-8-12-5-13(9-17)7-14(6-12)10-17/h2-4,12-14H,5-10,18H2,1H3. The van der Waals surface area contributed by atoms with Gasteiger partial charge >= 0.3 is 0 Å². The number of anilines is 1. The molecule has 4 bridgehead atoms. The number of benzene rings is 1. The third-order valence-corrected chi connectivity index (χ3v) is 5.59. The zero-order chi connectivity index (χ0) is 13.0. The fraction of sp³-hybridized carbons (Fsp3) is 0.647. The molecule has 1 aromatic rings. The molecule has 0 amide bonds. The van der Waals surface area contributed by atoms with Crippen LogP contribution >= 0.6 is 0 Å². The zero-order valence-electron chi connectivity index (χ0n) is 11.7. The van der Waals surface area contributed by atoms with Gasteiger partial charge in [0.2, 0.25) is 0 Å². The molecule has 102 valence electrons. The van der Waals surface area contributed by atoms with Crippen molar-refractivity contribution in [3.05, 3.63) is 23.8 Å². The van der Waals surface area contributed by atoms with E-state index in [2.05, 4.69) is 19.1 Å². The normalized spacial score (nSPS) is 39.5. The van der Waals surface area contributed by atoms with E-state index in [0.717, 1.165) is 34.8 Å². The fourth-order valence-corrected chi connectivity index (χ4v) is 5.13. The SMILES string of the molecule is Cc1cccc(OC23CC4CC(CC(C4)C2)C3)c1N. The number of ether oxygens (including phenoxy) is 1. The Morgan fingerprint density at radius 1 is 1.05 bits per heavy atom. The maximum absolute atomic E-state index is 6.50. The Labute approximate surface area is 115 Å². The van der Waals surface area contributed by atoms with Gasteiger partial charge in [-0.25, -0.2) is 0 Å². The van der Waals surface area contributed by atoms with Gasteiger partial charge in [-0.3, -0.25) is 0 Å². The molecule has 0 aliphatic heterocycles. The average Bonchev–Trinajstić information content (AvgIpc) is 2.33. The third-order valence-electron chi connectivity index (χ3n) is 5.59.